The largest absolute Gasteiger partial charge is 0.354 e. The van der Waals surface area contributed by atoms with Gasteiger partial charge in [-0.1, -0.05) is 65.5 Å². The number of nitrogens with one attached hydrogen (secondary N) is 1. The summed E-state index contributed by atoms with van der Waals surface area (Å²) in [5.74, 6) is 0.107. The van der Waals surface area contributed by atoms with Crippen molar-refractivity contribution in [2.24, 2.45) is 5.92 Å². The van der Waals surface area contributed by atoms with E-state index in [1.807, 2.05) is 6.07 Å². The van der Waals surface area contributed by atoms with Crippen LogP contribution in [0.5, 0.6) is 0 Å². The van der Waals surface area contributed by atoms with E-state index in [0.717, 1.165) is 44.9 Å². The quantitative estimate of drug-likeness (QED) is 0.696. The van der Waals surface area contributed by atoms with Gasteiger partial charge in [0.1, 0.15) is 6.07 Å². The Morgan fingerprint density at radius 3 is 2.29 bits per heavy atom. The molecule has 0 aromatic heterocycles. The summed E-state index contributed by atoms with van der Waals surface area (Å²) in [7, 11) is -3.78. The molecule has 1 saturated carbocycles. The van der Waals surface area contributed by atoms with E-state index in [4.69, 9.17) is 0 Å². The van der Waals surface area contributed by atoms with Crippen molar-refractivity contribution in [2.45, 2.75) is 90.0 Å². The van der Waals surface area contributed by atoms with Crippen molar-refractivity contribution < 1.29 is 13.2 Å². The van der Waals surface area contributed by atoms with E-state index in [1.165, 1.54) is 35.7 Å². The molecule has 31 heavy (non-hydrogen) atoms. The van der Waals surface area contributed by atoms with E-state index in [-0.39, 0.29) is 43.2 Å². The number of benzene rings is 1. The van der Waals surface area contributed by atoms with Crippen molar-refractivity contribution in [3.8, 4) is 6.07 Å². The Bertz CT molecular complexity index is 840. The molecule has 1 aliphatic heterocycles. The number of nitriles is 1. The molecule has 1 aromatic carbocycles. The van der Waals surface area contributed by atoms with Gasteiger partial charge in [0, 0.05) is 25.0 Å². The van der Waals surface area contributed by atoms with Crippen molar-refractivity contribution in [1.29, 1.82) is 5.26 Å². The van der Waals surface area contributed by atoms with E-state index in [9.17, 15) is 18.5 Å². The first-order valence-electron chi connectivity index (χ1n) is 10.8. The fourth-order valence-electron chi connectivity index (χ4n) is 4.49. The molecule has 1 unspecified atom stereocenters. The maximum atomic E-state index is 13.3. The van der Waals surface area contributed by atoms with Crippen LogP contribution in [0.2, 0.25) is 0 Å². The van der Waals surface area contributed by atoms with Gasteiger partial charge in [0.25, 0.3) is 0 Å². The zero-order valence-electron chi connectivity index (χ0n) is 17.0. The highest BCUT2D eigenvalue weighted by atomic mass is 32.2. The van der Waals surface area contributed by atoms with Crippen LogP contribution in [-0.2, 0) is 14.8 Å². The van der Waals surface area contributed by atoms with Crippen molar-refractivity contribution in [1.82, 2.24) is 9.62 Å². The summed E-state index contributed by atoms with van der Waals surface area (Å²) < 4.78 is 28.0. The van der Waals surface area contributed by atoms with Crippen LogP contribution in [0, 0.1) is 17.2 Å². The second kappa shape index (κ2) is 12.8. The molecule has 1 amide bonds. The average molecular weight is 450 g/mol. The van der Waals surface area contributed by atoms with Gasteiger partial charge in [0.15, 0.2) is 0 Å². The maximum absolute atomic E-state index is 13.3. The molecule has 1 aliphatic carbocycles. The van der Waals surface area contributed by atoms with Gasteiger partial charge in [0.05, 0.1) is 10.5 Å². The minimum Gasteiger partial charge on any atom is -0.354 e. The summed E-state index contributed by atoms with van der Waals surface area (Å²) in [6.45, 7) is 0.759. The van der Waals surface area contributed by atoms with Crippen LogP contribution in [-0.4, -0.2) is 37.8 Å². The topological polar surface area (TPSA) is 90.3 Å². The van der Waals surface area contributed by atoms with Gasteiger partial charge in [-0.25, -0.2) is 8.42 Å². The summed E-state index contributed by atoms with van der Waals surface area (Å²) in [6.07, 6.45) is 10.1. The second-order valence-electron chi connectivity index (χ2n) is 8.16. The van der Waals surface area contributed by atoms with Crippen molar-refractivity contribution in [3.05, 3.63) is 29.8 Å². The average Bonchev–Trinajstić information content (AvgIpc) is 2.72. The Morgan fingerprint density at radius 1 is 1.00 bits per heavy atom. The van der Waals surface area contributed by atoms with Gasteiger partial charge in [-0.15, -0.1) is 0 Å². The van der Waals surface area contributed by atoms with Crippen LogP contribution >= 0.6 is 0 Å². The molecular formula is C24H39N3O3S. The predicted octanol–water partition coefficient (Wildman–Crippen LogP) is 4.85. The number of piperidine rings is 1. The molecule has 0 radical (unpaired) electrons. The third-order valence-corrected chi connectivity index (χ3v) is 8.17. The van der Waals surface area contributed by atoms with E-state index in [1.54, 1.807) is 12.1 Å². The van der Waals surface area contributed by atoms with Gasteiger partial charge in [-0.05, 0) is 37.8 Å². The van der Waals surface area contributed by atoms with Gasteiger partial charge in [0.2, 0.25) is 15.9 Å². The standard InChI is InChI=1S/C22H31N3O3S.2CH4/c23-16-19-12-6-7-14-21(19)29(27,28)25-15-9-8-13-20(25)17-24-22(26)18-10-4-2-1-3-5-11-18;;/h6-7,12,14,18,20H,1-5,8-11,13,15,17H2,(H,24,26);2*1H4. The van der Waals surface area contributed by atoms with E-state index in [2.05, 4.69) is 5.32 Å². The summed E-state index contributed by atoms with van der Waals surface area (Å²) >= 11 is 0. The van der Waals surface area contributed by atoms with Crippen LogP contribution in [0.25, 0.3) is 0 Å². The Morgan fingerprint density at radius 2 is 1.61 bits per heavy atom. The van der Waals surface area contributed by atoms with Crippen molar-refractivity contribution in [2.75, 3.05) is 13.1 Å². The Labute approximate surface area is 189 Å². The highest BCUT2D eigenvalue weighted by Gasteiger charge is 2.35. The maximum Gasteiger partial charge on any atom is 0.244 e. The first kappa shape index (κ1) is 27.1. The summed E-state index contributed by atoms with van der Waals surface area (Å²) in [6, 6.07) is 8.05. The summed E-state index contributed by atoms with van der Waals surface area (Å²) in [5, 5.41) is 12.4. The number of hydrogen-bond acceptors (Lipinski definition) is 4. The van der Waals surface area contributed by atoms with E-state index >= 15 is 0 Å². The lowest BCUT2D eigenvalue weighted by molar-refractivity contribution is -0.125. The number of carbonyl (C=O) groups excluding carboxylic acids is 1. The number of hydrogen-bond donors (Lipinski definition) is 1. The highest BCUT2D eigenvalue weighted by molar-refractivity contribution is 7.89. The third-order valence-electron chi connectivity index (χ3n) is 6.16. The first-order valence-corrected chi connectivity index (χ1v) is 12.3. The molecule has 2 fully saturated rings. The number of nitrogens with zero attached hydrogens (tertiary/aromatic N) is 2. The van der Waals surface area contributed by atoms with Crippen LogP contribution in [0.15, 0.2) is 29.2 Å². The van der Waals surface area contributed by atoms with Crippen LogP contribution in [0.3, 0.4) is 0 Å². The molecular weight excluding hydrogens is 410 g/mol. The number of sulfonamides is 1. The summed E-state index contributed by atoms with van der Waals surface area (Å²) in [4.78, 5) is 12.8. The molecule has 174 valence electrons. The molecule has 7 heteroatoms. The predicted molar refractivity (Wildman–Crippen MR) is 125 cm³/mol. The SMILES string of the molecule is C.C.N#Cc1ccccc1S(=O)(=O)N1CCCCC1CNC(=O)C1CCCCCCC1. The van der Waals surface area contributed by atoms with E-state index < -0.39 is 10.0 Å². The van der Waals surface area contributed by atoms with Crippen molar-refractivity contribution >= 4 is 15.9 Å². The van der Waals surface area contributed by atoms with Crippen LogP contribution in [0.1, 0.15) is 84.6 Å². The molecule has 0 spiro atoms. The fourth-order valence-corrected chi connectivity index (χ4v) is 6.32. The lowest BCUT2D eigenvalue weighted by atomic mass is 9.90. The number of amides is 1. The minimum atomic E-state index is -3.78. The Balaban J connectivity index is 0.00000240. The Hall–Kier alpha value is -1.91. The lowest BCUT2D eigenvalue weighted by Crippen LogP contribution is -2.50. The zero-order chi connectivity index (χ0) is 20.7. The molecule has 1 heterocycles. The molecule has 6 nitrogen and oxygen atoms in total. The minimum absolute atomic E-state index is 0. The Kier molecular flexibility index (Phi) is 11.2. The van der Waals surface area contributed by atoms with E-state index in [0.29, 0.717) is 13.1 Å². The first-order chi connectivity index (χ1) is 14.0. The molecule has 1 N–H and O–H groups in total. The lowest BCUT2D eigenvalue weighted by Gasteiger charge is -2.35. The summed E-state index contributed by atoms with van der Waals surface area (Å²) in [5.41, 5.74) is 0.162. The highest BCUT2D eigenvalue weighted by Crippen LogP contribution is 2.27. The van der Waals surface area contributed by atoms with Gasteiger partial charge < -0.3 is 5.32 Å². The molecule has 3 rings (SSSR count). The monoisotopic (exact) mass is 449 g/mol. The smallest absolute Gasteiger partial charge is 0.244 e. The zero-order valence-corrected chi connectivity index (χ0v) is 17.8. The number of carbonyl (C=O) groups is 1. The molecule has 1 atom stereocenters. The fraction of sp³-hybridized carbons (Fsp3) is 0.667. The second-order valence-corrected chi connectivity index (χ2v) is 10.0. The van der Waals surface area contributed by atoms with Gasteiger partial charge in [-0.3, -0.25) is 4.79 Å². The molecule has 2 aliphatic rings. The molecule has 1 saturated heterocycles. The number of rotatable bonds is 5. The van der Waals surface area contributed by atoms with Gasteiger partial charge >= 0.3 is 0 Å². The van der Waals surface area contributed by atoms with Crippen molar-refractivity contribution in [3.63, 3.8) is 0 Å². The third kappa shape index (κ3) is 6.78. The normalized spacial score (nSPS) is 20.8. The molecule has 0 bridgehead atoms. The van der Waals surface area contributed by atoms with Crippen LogP contribution in [0.4, 0.5) is 0 Å². The van der Waals surface area contributed by atoms with Crippen LogP contribution < -0.4 is 5.32 Å². The van der Waals surface area contributed by atoms with Gasteiger partial charge in [-0.2, -0.15) is 9.57 Å². The molecule has 1 aromatic rings.